The van der Waals surface area contributed by atoms with E-state index < -0.39 is 0 Å². The van der Waals surface area contributed by atoms with Crippen molar-refractivity contribution < 1.29 is 4.79 Å². The Hall–Kier alpha value is -1.63. The third kappa shape index (κ3) is 2.38. The average Bonchev–Trinajstić information content (AvgIpc) is 2.36. The smallest absolute Gasteiger partial charge is 0.165 e. The summed E-state index contributed by atoms with van der Waals surface area (Å²) >= 11 is 0. The molecule has 0 amide bonds. The van der Waals surface area contributed by atoms with Crippen LogP contribution in [0.2, 0.25) is 0 Å². The molecule has 1 nitrogen and oxygen atoms in total. The lowest BCUT2D eigenvalue weighted by molar-refractivity contribution is 0.0939. The van der Waals surface area contributed by atoms with Crippen LogP contribution in [0.3, 0.4) is 0 Å². The minimum absolute atomic E-state index is 0.0577. The van der Waals surface area contributed by atoms with E-state index in [2.05, 4.69) is 25.1 Å². The monoisotopic (exact) mass is 226 g/mol. The fourth-order valence-electron chi connectivity index (χ4n) is 2.00. The van der Waals surface area contributed by atoms with Crippen LogP contribution < -0.4 is 0 Å². The van der Waals surface area contributed by atoms with Crippen LogP contribution in [-0.4, -0.2) is 5.78 Å². The molecule has 88 valence electrons. The van der Waals surface area contributed by atoms with Crippen molar-refractivity contribution in [1.82, 2.24) is 0 Å². The van der Waals surface area contributed by atoms with Crippen LogP contribution in [-0.2, 0) is 6.42 Å². The maximum atomic E-state index is 11.9. The Morgan fingerprint density at radius 2 is 1.71 bits per heavy atom. The van der Waals surface area contributed by atoms with E-state index in [0.717, 1.165) is 17.4 Å². The number of rotatable bonds is 3. The second-order valence-electron chi connectivity index (χ2n) is 4.77. The molecule has 0 aliphatic carbocycles. The largest absolute Gasteiger partial charge is 0.294 e. The predicted molar refractivity (Wildman–Crippen MR) is 72.5 cm³/mol. The lowest BCUT2D eigenvalue weighted by Gasteiger charge is -2.06. The Morgan fingerprint density at radius 3 is 2.35 bits per heavy atom. The molecule has 0 aliphatic heterocycles. The van der Waals surface area contributed by atoms with Gasteiger partial charge in [0.15, 0.2) is 5.78 Å². The second-order valence-corrected chi connectivity index (χ2v) is 4.77. The fourth-order valence-corrected chi connectivity index (χ4v) is 2.00. The Kier molecular flexibility index (Phi) is 3.28. The van der Waals surface area contributed by atoms with E-state index in [-0.39, 0.29) is 11.7 Å². The van der Waals surface area contributed by atoms with Crippen molar-refractivity contribution in [2.24, 2.45) is 5.92 Å². The Balaban J connectivity index is 2.48. The minimum Gasteiger partial charge on any atom is -0.294 e. The molecule has 0 heterocycles. The van der Waals surface area contributed by atoms with Crippen molar-refractivity contribution in [3.8, 4) is 0 Å². The maximum Gasteiger partial charge on any atom is 0.165 e. The van der Waals surface area contributed by atoms with E-state index in [9.17, 15) is 4.79 Å². The lowest BCUT2D eigenvalue weighted by Crippen LogP contribution is -2.06. The molecule has 2 aromatic rings. The van der Waals surface area contributed by atoms with E-state index in [1.54, 1.807) is 0 Å². The summed E-state index contributed by atoms with van der Waals surface area (Å²) < 4.78 is 0. The van der Waals surface area contributed by atoms with Gasteiger partial charge in [-0.2, -0.15) is 0 Å². The molecule has 0 N–H and O–H groups in total. The third-order valence-electron chi connectivity index (χ3n) is 3.12. The highest BCUT2D eigenvalue weighted by Crippen LogP contribution is 2.20. The standard InChI is InChI=1S/C16H18O/c1-4-12-5-6-14-10-15(16(17)11(2)3)8-7-13(14)9-12/h5-11H,4H2,1-3H3. The zero-order valence-electron chi connectivity index (χ0n) is 10.7. The molecule has 0 radical (unpaired) electrons. The van der Waals surface area contributed by atoms with Crippen molar-refractivity contribution in [1.29, 1.82) is 0 Å². The number of aryl methyl sites for hydroxylation is 1. The maximum absolute atomic E-state index is 11.9. The number of benzene rings is 2. The summed E-state index contributed by atoms with van der Waals surface area (Å²) in [7, 11) is 0. The van der Waals surface area contributed by atoms with Gasteiger partial charge < -0.3 is 0 Å². The van der Waals surface area contributed by atoms with Gasteiger partial charge in [-0.1, -0.05) is 51.1 Å². The van der Waals surface area contributed by atoms with Crippen LogP contribution in [0.5, 0.6) is 0 Å². The molecule has 0 bridgehead atoms. The highest BCUT2D eigenvalue weighted by molar-refractivity contribution is 6.01. The Bertz CT molecular complexity index is 552. The van der Waals surface area contributed by atoms with Gasteiger partial charge in [-0.3, -0.25) is 4.79 Å². The van der Waals surface area contributed by atoms with Gasteiger partial charge in [0.25, 0.3) is 0 Å². The topological polar surface area (TPSA) is 17.1 Å². The van der Waals surface area contributed by atoms with Gasteiger partial charge in [0.1, 0.15) is 0 Å². The van der Waals surface area contributed by atoms with E-state index in [0.29, 0.717) is 0 Å². The van der Waals surface area contributed by atoms with Gasteiger partial charge in [-0.25, -0.2) is 0 Å². The summed E-state index contributed by atoms with van der Waals surface area (Å²) in [6.45, 7) is 6.03. The molecular formula is C16H18O. The summed E-state index contributed by atoms with van der Waals surface area (Å²) in [5.41, 5.74) is 2.15. The Labute approximate surface area is 102 Å². The zero-order valence-corrected chi connectivity index (χ0v) is 10.7. The van der Waals surface area contributed by atoms with Crippen LogP contribution in [0, 0.1) is 5.92 Å². The first-order valence-electron chi connectivity index (χ1n) is 6.18. The normalized spacial score (nSPS) is 11.1. The summed E-state index contributed by atoms with van der Waals surface area (Å²) in [5.74, 6) is 0.272. The molecule has 2 rings (SSSR count). The number of carbonyl (C=O) groups is 1. The van der Waals surface area contributed by atoms with Gasteiger partial charge in [-0.05, 0) is 28.8 Å². The molecule has 0 aromatic heterocycles. The average molecular weight is 226 g/mol. The van der Waals surface area contributed by atoms with Gasteiger partial charge in [-0.15, -0.1) is 0 Å². The van der Waals surface area contributed by atoms with Crippen LogP contribution in [0.1, 0.15) is 36.7 Å². The molecule has 0 saturated heterocycles. The van der Waals surface area contributed by atoms with Crippen molar-refractivity contribution in [3.05, 3.63) is 47.5 Å². The van der Waals surface area contributed by atoms with Crippen molar-refractivity contribution in [2.45, 2.75) is 27.2 Å². The van der Waals surface area contributed by atoms with Crippen LogP contribution in [0.4, 0.5) is 0 Å². The summed E-state index contributed by atoms with van der Waals surface area (Å²) in [5, 5.41) is 2.36. The van der Waals surface area contributed by atoms with Gasteiger partial charge in [0.2, 0.25) is 0 Å². The van der Waals surface area contributed by atoms with Crippen LogP contribution >= 0.6 is 0 Å². The third-order valence-corrected chi connectivity index (χ3v) is 3.12. The fraction of sp³-hybridized carbons (Fsp3) is 0.312. The summed E-state index contributed by atoms with van der Waals surface area (Å²) in [6.07, 6.45) is 1.04. The number of ketones is 1. The van der Waals surface area contributed by atoms with Gasteiger partial charge in [0.05, 0.1) is 0 Å². The van der Waals surface area contributed by atoms with E-state index in [1.165, 1.54) is 10.9 Å². The molecule has 2 aromatic carbocycles. The summed E-state index contributed by atoms with van der Waals surface area (Å²) in [4.78, 5) is 11.9. The number of hydrogen-bond donors (Lipinski definition) is 0. The van der Waals surface area contributed by atoms with E-state index >= 15 is 0 Å². The molecule has 0 aliphatic rings. The van der Waals surface area contributed by atoms with Crippen molar-refractivity contribution in [2.75, 3.05) is 0 Å². The predicted octanol–water partition coefficient (Wildman–Crippen LogP) is 4.24. The van der Waals surface area contributed by atoms with Crippen molar-refractivity contribution >= 4 is 16.6 Å². The molecule has 17 heavy (non-hydrogen) atoms. The molecule has 0 fully saturated rings. The first-order valence-corrected chi connectivity index (χ1v) is 6.18. The highest BCUT2D eigenvalue weighted by atomic mass is 16.1. The van der Waals surface area contributed by atoms with Crippen LogP contribution in [0.15, 0.2) is 36.4 Å². The minimum atomic E-state index is 0.0577. The first-order chi connectivity index (χ1) is 8.11. The molecule has 0 unspecified atom stereocenters. The van der Waals surface area contributed by atoms with Crippen LogP contribution in [0.25, 0.3) is 10.8 Å². The molecule has 0 spiro atoms. The zero-order chi connectivity index (χ0) is 12.4. The summed E-state index contributed by atoms with van der Waals surface area (Å²) in [6, 6.07) is 12.4. The number of fused-ring (bicyclic) bond motifs is 1. The molecule has 0 atom stereocenters. The van der Waals surface area contributed by atoms with Gasteiger partial charge >= 0.3 is 0 Å². The highest BCUT2D eigenvalue weighted by Gasteiger charge is 2.10. The molecule has 1 heteroatoms. The number of carbonyl (C=O) groups excluding carboxylic acids is 1. The lowest BCUT2D eigenvalue weighted by atomic mass is 9.97. The second kappa shape index (κ2) is 4.70. The Morgan fingerprint density at radius 1 is 1.06 bits per heavy atom. The van der Waals surface area contributed by atoms with E-state index in [1.807, 2.05) is 32.0 Å². The molecule has 0 saturated carbocycles. The molecular weight excluding hydrogens is 208 g/mol. The first kappa shape index (κ1) is 11.8. The SMILES string of the molecule is CCc1ccc2cc(C(=O)C(C)C)ccc2c1. The van der Waals surface area contributed by atoms with E-state index in [4.69, 9.17) is 0 Å². The van der Waals surface area contributed by atoms with Crippen molar-refractivity contribution in [3.63, 3.8) is 0 Å². The van der Waals surface area contributed by atoms with Gasteiger partial charge in [0, 0.05) is 11.5 Å². The number of Topliss-reactive ketones (excluding diaryl/α,β-unsaturated/α-hetero) is 1. The number of hydrogen-bond acceptors (Lipinski definition) is 1. The quantitative estimate of drug-likeness (QED) is 0.715.